The van der Waals surface area contributed by atoms with Crippen LogP contribution in [0.4, 0.5) is 8.92 Å². The Bertz CT molecular complexity index is 284. The van der Waals surface area contributed by atoms with Gasteiger partial charge >= 0.3 is 7.12 Å². The van der Waals surface area contributed by atoms with Crippen LogP contribution in [0.15, 0.2) is 18.2 Å². The van der Waals surface area contributed by atoms with E-state index in [9.17, 15) is 8.92 Å². The van der Waals surface area contributed by atoms with Gasteiger partial charge in [0.2, 0.25) is 0 Å². The van der Waals surface area contributed by atoms with Gasteiger partial charge in [-0.3, -0.25) is 0 Å². The van der Waals surface area contributed by atoms with Gasteiger partial charge in [-0.2, -0.15) is 0 Å². The topological polar surface area (TPSA) is 29.5 Å². The van der Waals surface area contributed by atoms with Gasteiger partial charge in [0.05, 0.1) is 0 Å². The minimum absolute atomic E-state index is 0.197. The number of hydrogen-bond donors (Lipinski definition) is 1. The van der Waals surface area contributed by atoms with Gasteiger partial charge in [0.25, 0.3) is 0 Å². The second kappa shape index (κ2) is 3.84. The van der Waals surface area contributed by atoms with Crippen molar-refractivity contribution in [3.63, 3.8) is 0 Å². The summed E-state index contributed by atoms with van der Waals surface area (Å²) in [6.07, 6.45) is 0. The summed E-state index contributed by atoms with van der Waals surface area (Å²) in [6.45, 7) is 0. The molecule has 1 aromatic rings. The molecule has 12 heavy (non-hydrogen) atoms. The fraction of sp³-hybridized carbons (Fsp3) is 0. The number of benzene rings is 1. The first-order valence-electron chi connectivity index (χ1n) is 3.05. The number of rotatable bonds is 2. The quantitative estimate of drug-likeness (QED) is 0.710. The standard InChI is InChI=1S/C6H4BClF2O2/c8-4-1-2-6(9)5(3-4)7(11)12-10/h1-3,11H. The summed E-state index contributed by atoms with van der Waals surface area (Å²) in [7, 11) is -1.93. The van der Waals surface area contributed by atoms with E-state index in [-0.39, 0.29) is 10.5 Å². The smallest absolute Gasteiger partial charge is 0.421 e. The van der Waals surface area contributed by atoms with Gasteiger partial charge in [0.15, 0.2) is 0 Å². The molecule has 0 heterocycles. The van der Waals surface area contributed by atoms with Crippen LogP contribution >= 0.6 is 11.6 Å². The molecule has 0 saturated heterocycles. The van der Waals surface area contributed by atoms with Crippen LogP contribution in [-0.2, 0) is 4.86 Å². The van der Waals surface area contributed by atoms with E-state index in [1.165, 1.54) is 6.07 Å². The fourth-order valence-corrected chi connectivity index (χ4v) is 0.932. The van der Waals surface area contributed by atoms with Crippen molar-refractivity contribution < 1.29 is 18.8 Å². The van der Waals surface area contributed by atoms with Crippen LogP contribution in [-0.4, -0.2) is 12.1 Å². The average molecular weight is 192 g/mol. The molecule has 0 amide bonds. The van der Waals surface area contributed by atoms with Crippen molar-refractivity contribution in [3.05, 3.63) is 29.0 Å². The monoisotopic (exact) mass is 192 g/mol. The third-order valence-corrected chi connectivity index (χ3v) is 1.54. The number of halogens is 3. The van der Waals surface area contributed by atoms with Gasteiger partial charge in [0, 0.05) is 10.5 Å². The van der Waals surface area contributed by atoms with Crippen LogP contribution in [0.5, 0.6) is 0 Å². The van der Waals surface area contributed by atoms with Crippen LogP contribution in [0.25, 0.3) is 0 Å². The first kappa shape index (κ1) is 9.44. The minimum atomic E-state index is -1.93. The van der Waals surface area contributed by atoms with Gasteiger partial charge in [-0.15, -0.1) is 0 Å². The summed E-state index contributed by atoms with van der Waals surface area (Å²) in [6, 6.07) is 3.38. The average Bonchev–Trinajstić information content (AvgIpc) is 2.08. The maximum absolute atomic E-state index is 12.7. The Morgan fingerprint density at radius 3 is 2.75 bits per heavy atom. The summed E-state index contributed by atoms with van der Waals surface area (Å²) in [4.78, 5) is 3.03. The molecule has 0 radical (unpaired) electrons. The Balaban J connectivity index is 3.04. The highest BCUT2D eigenvalue weighted by molar-refractivity contribution is 6.60. The predicted octanol–water partition coefficient (Wildman–Crippen LogP) is 1.07. The van der Waals surface area contributed by atoms with E-state index in [1.54, 1.807) is 0 Å². The van der Waals surface area contributed by atoms with E-state index in [0.717, 1.165) is 12.1 Å². The molecule has 0 atom stereocenters. The molecule has 0 spiro atoms. The van der Waals surface area contributed by atoms with Gasteiger partial charge in [0.1, 0.15) is 5.82 Å². The van der Waals surface area contributed by atoms with Crippen LogP contribution in [0.1, 0.15) is 0 Å². The van der Waals surface area contributed by atoms with Crippen LogP contribution in [0, 0.1) is 5.82 Å². The van der Waals surface area contributed by atoms with Crippen molar-refractivity contribution in [1.82, 2.24) is 0 Å². The highest BCUT2D eigenvalue weighted by Gasteiger charge is 2.21. The Morgan fingerprint density at radius 2 is 2.17 bits per heavy atom. The molecule has 64 valence electrons. The summed E-state index contributed by atoms with van der Waals surface area (Å²) >= 11 is 5.46. The molecule has 0 aliphatic carbocycles. The molecule has 0 saturated carbocycles. The predicted molar refractivity (Wildman–Crippen MR) is 41.2 cm³/mol. The molecule has 0 fully saturated rings. The third-order valence-electron chi connectivity index (χ3n) is 1.31. The highest BCUT2D eigenvalue weighted by atomic mass is 35.5. The third kappa shape index (κ3) is 1.94. The summed E-state index contributed by atoms with van der Waals surface area (Å²) in [5.74, 6) is -0.774. The Labute approximate surface area is 72.8 Å². The Kier molecular flexibility index (Phi) is 3.02. The van der Waals surface area contributed by atoms with Crippen molar-refractivity contribution in [3.8, 4) is 0 Å². The van der Waals surface area contributed by atoms with E-state index < -0.39 is 12.9 Å². The van der Waals surface area contributed by atoms with Crippen molar-refractivity contribution in [2.24, 2.45) is 0 Å². The van der Waals surface area contributed by atoms with Gasteiger partial charge < -0.3 is 5.02 Å². The van der Waals surface area contributed by atoms with Crippen molar-refractivity contribution in [2.45, 2.75) is 0 Å². The lowest BCUT2D eigenvalue weighted by molar-refractivity contribution is -0.0269. The molecular formula is C6H4BClF2O2. The van der Waals surface area contributed by atoms with Crippen molar-refractivity contribution >= 4 is 24.2 Å². The van der Waals surface area contributed by atoms with Gasteiger partial charge in [-0.1, -0.05) is 16.1 Å². The van der Waals surface area contributed by atoms with Gasteiger partial charge in [-0.05, 0) is 18.2 Å². The summed E-state index contributed by atoms with van der Waals surface area (Å²) in [5.41, 5.74) is -0.329. The zero-order valence-electron chi connectivity index (χ0n) is 5.80. The normalized spacial score (nSPS) is 10.0. The SMILES string of the molecule is OB(OF)c1cc(Cl)ccc1F. The van der Waals surface area contributed by atoms with Crippen LogP contribution in [0.3, 0.4) is 0 Å². The van der Waals surface area contributed by atoms with Crippen molar-refractivity contribution in [2.75, 3.05) is 0 Å². The zero-order valence-corrected chi connectivity index (χ0v) is 6.55. The molecule has 1 N–H and O–H groups in total. The molecule has 1 aromatic carbocycles. The lowest BCUT2D eigenvalue weighted by atomic mass is 9.80. The minimum Gasteiger partial charge on any atom is -0.421 e. The van der Waals surface area contributed by atoms with Crippen LogP contribution < -0.4 is 5.46 Å². The summed E-state index contributed by atoms with van der Waals surface area (Å²) in [5, 5.41) is 8.94. The van der Waals surface area contributed by atoms with E-state index in [0.29, 0.717) is 0 Å². The van der Waals surface area contributed by atoms with Gasteiger partial charge in [-0.25, -0.2) is 9.25 Å². The molecule has 0 aliphatic heterocycles. The molecule has 6 heteroatoms. The fourth-order valence-electron chi connectivity index (χ4n) is 0.752. The van der Waals surface area contributed by atoms with E-state index >= 15 is 0 Å². The zero-order chi connectivity index (χ0) is 9.14. The molecule has 1 rings (SSSR count). The van der Waals surface area contributed by atoms with E-state index in [2.05, 4.69) is 4.86 Å². The second-order valence-corrected chi connectivity index (χ2v) is 2.54. The molecule has 0 aliphatic rings. The maximum atomic E-state index is 12.7. The molecule has 0 aromatic heterocycles. The van der Waals surface area contributed by atoms with E-state index in [4.69, 9.17) is 16.6 Å². The summed E-state index contributed by atoms with van der Waals surface area (Å²) < 4.78 is 24.2. The molecule has 2 nitrogen and oxygen atoms in total. The van der Waals surface area contributed by atoms with E-state index in [1.807, 2.05) is 0 Å². The largest absolute Gasteiger partial charge is 0.532 e. The highest BCUT2D eigenvalue weighted by Crippen LogP contribution is 2.07. The maximum Gasteiger partial charge on any atom is 0.532 e. The Morgan fingerprint density at radius 1 is 1.50 bits per heavy atom. The van der Waals surface area contributed by atoms with Crippen molar-refractivity contribution in [1.29, 1.82) is 0 Å². The Hall–Kier alpha value is -0.645. The lowest BCUT2D eigenvalue weighted by Crippen LogP contribution is -2.33. The first-order chi connectivity index (χ1) is 5.65. The molecule has 0 bridgehead atoms. The molecular weight excluding hydrogens is 188 g/mol. The first-order valence-corrected chi connectivity index (χ1v) is 3.43. The lowest BCUT2D eigenvalue weighted by Gasteiger charge is -2.02. The second-order valence-electron chi connectivity index (χ2n) is 2.11. The van der Waals surface area contributed by atoms with Crippen LogP contribution in [0.2, 0.25) is 5.02 Å². The molecule has 0 unspecified atom stereocenters. The number of hydrogen-bond acceptors (Lipinski definition) is 2.